The number of hydrogen-bond acceptors (Lipinski definition) is 4. The van der Waals surface area contributed by atoms with E-state index in [2.05, 4.69) is 22.0 Å². The van der Waals surface area contributed by atoms with E-state index in [9.17, 15) is 15.4 Å². The van der Waals surface area contributed by atoms with Crippen LogP contribution in [0.1, 0.15) is 10.4 Å². The molecule has 94 valence electrons. The second kappa shape index (κ2) is 5.78. The van der Waals surface area contributed by atoms with Crippen LogP contribution in [0.4, 0.5) is 5.69 Å². The number of allylic oxidation sites excluding steroid dienone is 1. The van der Waals surface area contributed by atoms with Gasteiger partial charge < -0.3 is 0 Å². The van der Waals surface area contributed by atoms with E-state index in [4.69, 9.17) is 0 Å². The summed E-state index contributed by atoms with van der Waals surface area (Å²) in [5.41, 5.74) is 0.922. The molecule has 0 radical (unpaired) electrons. The summed E-state index contributed by atoms with van der Waals surface area (Å²) in [5.74, 6) is 0. The molecule has 0 aliphatic heterocycles. The third-order valence-corrected chi connectivity index (χ3v) is 4.00. The highest BCUT2D eigenvalue weighted by atomic mass is 79.9. The molecule has 2 aromatic rings. The van der Waals surface area contributed by atoms with Crippen molar-refractivity contribution in [3.05, 3.63) is 60.7 Å². The van der Waals surface area contributed by atoms with Crippen LogP contribution in [0.5, 0.6) is 0 Å². The van der Waals surface area contributed by atoms with Crippen LogP contribution in [0.15, 0.2) is 40.2 Å². The molecule has 0 atom stereocenters. The van der Waals surface area contributed by atoms with Gasteiger partial charge in [-0.05, 0) is 33.6 Å². The van der Waals surface area contributed by atoms with E-state index >= 15 is 0 Å². The maximum atomic E-state index is 10.7. The monoisotopic (exact) mass is 334 g/mol. The second-order valence-corrected chi connectivity index (χ2v) is 5.50. The van der Waals surface area contributed by atoms with Gasteiger partial charge in [0.25, 0.3) is 5.69 Å². The van der Waals surface area contributed by atoms with Crippen molar-refractivity contribution in [3.63, 3.8) is 0 Å². The molecule has 1 heterocycles. The first kappa shape index (κ1) is 13.5. The van der Waals surface area contributed by atoms with Gasteiger partial charge in [0.05, 0.1) is 16.6 Å². The van der Waals surface area contributed by atoms with Gasteiger partial charge in [-0.25, -0.2) is 0 Å². The Bertz CT molecular complexity index is 701. The van der Waals surface area contributed by atoms with Crippen LogP contribution in [-0.2, 0) is 0 Å². The topological polar surface area (TPSA) is 66.9 Å². The predicted octanol–water partition coefficient (Wildman–Crippen LogP) is 4.48. The van der Waals surface area contributed by atoms with Crippen LogP contribution in [-0.4, -0.2) is 4.92 Å². The van der Waals surface area contributed by atoms with Gasteiger partial charge in [0.1, 0.15) is 0 Å². The number of rotatable bonds is 3. The summed E-state index contributed by atoms with van der Waals surface area (Å²) in [6.45, 7) is 0. The Hall–Kier alpha value is -1.97. The van der Waals surface area contributed by atoms with Crippen LogP contribution in [0, 0.1) is 21.4 Å². The minimum Gasteiger partial charge on any atom is -0.258 e. The molecule has 0 saturated heterocycles. The van der Waals surface area contributed by atoms with Crippen LogP contribution in [0.3, 0.4) is 0 Å². The molecule has 0 unspecified atom stereocenters. The zero-order valence-corrected chi connectivity index (χ0v) is 11.9. The van der Waals surface area contributed by atoms with E-state index in [1.165, 1.54) is 23.5 Å². The van der Waals surface area contributed by atoms with E-state index in [1.807, 2.05) is 11.4 Å². The Labute approximate surface area is 121 Å². The summed E-state index contributed by atoms with van der Waals surface area (Å²) < 4.78 is 0.945. The zero-order chi connectivity index (χ0) is 13.8. The van der Waals surface area contributed by atoms with Crippen LogP contribution >= 0.6 is 27.3 Å². The van der Waals surface area contributed by atoms with Gasteiger partial charge in [-0.2, -0.15) is 5.26 Å². The molecule has 1 aromatic carbocycles. The number of benzene rings is 1. The highest BCUT2D eigenvalue weighted by Crippen LogP contribution is 2.26. The summed E-state index contributed by atoms with van der Waals surface area (Å²) >= 11 is 4.83. The molecule has 0 amide bonds. The highest BCUT2D eigenvalue weighted by Gasteiger charge is 2.09. The number of non-ortho nitro benzene ring substituents is 1. The normalized spacial score (nSPS) is 11.1. The maximum Gasteiger partial charge on any atom is 0.270 e. The van der Waals surface area contributed by atoms with Gasteiger partial charge in [-0.15, -0.1) is 11.3 Å². The lowest BCUT2D eigenvalue weighted by Gasteiger charge is -1.98. The fraction of sp³-hybridized carbons (Fsp3) is 0. The molecular weight excluding hydrogens is 328 g/mol. The first-order valence-electron chi connectivity index (χ1n) is 5.21. The average Bonchev–Trinajstić information content (AvgIpc) is 2.81. The van der Waals surface area contributed by atoms with Gasteiger partial charge >= 0.3 is 0 Å². The summed E-state index contributed by atoms with van der Waals surface area (Å²) in [4.78, 5) is 11.2. The minimum absolute atomic E-state index is 0.0222. The number of halogens is 1. The number of nitriles is 1. The molecule has 1 aromatic heterocycles. The number of nitro benzene ring substituents is 1. The summed E-state index contributed by atoms with van der Waals surface area (Å²) in [5, 5.41) is 21.8. The van der Waals surface area contributed by atoms with E-state index in [0.717, 1.165) is 9.35 Å². The Morgan fingerprint density at radius 3 is 2.84 bits per heavy atom. The third-order valence-electron chi connectivity index (χ3n) is 2.36. The lowest BCUT2D eigenvalue weighted by Crippen LogP contribution is -1.89. The van der Waals surface area contributed by atoms with Gasteiger partial charge in [-0.3, -0.25) is 10.1 Å². The Kier molecular flexibility index (Phi) is 4.10. The van der Waals surface area contributed by atoms with E-state index in [0.29, 0.717) is 11.1 Å². The van der Waals surface area contributed by atoms with Crippen molar-refractivity contribution in [2.45, 2.75) is 0 Å². The van der Waals surface area contributed by atoms with Crippen molar-refractivity contribution in [2.24, 2.45) is 0 Å². The lowest BCUT2D eigenvalue weighted by atomic mass is 10.1. The smallest absolute Gasteiger partial charge is 0.258 e. The number of nitro groups is 1. The molecule has 19 heavy (non-hydrogen) atoms. The zero-order valence-electron chi connectivity index (χ0n) is 9.54. The number of hydrogen-bond donors (Lipinski definition) is 0. The molecule has 0 aliphatic carbocycles. The van der Waals surface area contributed by atoms with Crippen molar-refractivity contribution in [1.82, 2.24) is 0 Å². The largest absolute Gasteiger partial charge is 0.270 e. The number of nitrogens with zero attached hydrogens (tertiary/aromatic N) is 2. The fourth-order valence-electron chi connectivity index (χ4n) is 1.51. The second-order valence-electron chi connectivity index (χ2n) is 3.64. The molecule has 0 N–H and O–H groups in total. The SMILES string of the molecule is N#C/C(=C/c1cc(Br)cs1)c1cccc([N+](=O)[O-])c1. The molecule has 6 heteroatoms. The Balaban J connectivity index is 2.43. The molecule has 4 nitrogen and oxygen atoms in total. The van der Waals surface area contributed by atoms with Gasteiger partial charge in [0.15, 0.2) is 0 Å². The van der Waals surface area contributed by atoms with Crippen molar-refractivity contribution in [1.29, 1.82) is 5.26 Å². The predicted molar refractivity (Wildman–Crippen MR) is 78.6 cm³/mol. The molecule has 0 bridgehead atoms. The fourth-order valence-corrected chi connectivity index (χ4v) is 2.89. The standard InChI is InChI=1S/C13H7BrN2O2S/c14-11-6-13(19-8-11)5-10(7-15)9-2-1-3-12(4-9)16(17)18/h1-6,8H/b10-5-. The first-order valence-corrected chi connectivity index (χ1v) is 6.88. The maximum absolute atomic E-state index is 10.7. The molecule has 2 rings (SSSR count). The third kappa shape index (κ3) is 3.28. The minimum atomic E-state index is -0.472. The van der Waals surface area contributed by atoms with Gasteiger partial charge in [0.2, 0.25) is 0 Å². The van der Waals surface area contributed by atoms with Crippen LogP contribution in [0.25, 0.3) is 11.6 Å². The van der Waals surface area contributed by atoms with E-state index < -0.39 is 4.92 Å². The van der Waals surface area contributed by atoms with Crippen LogP contribution < -0.4 is 0 Å². The first-order chi connectivity index (χ1) is 9.10. The summed E-state index contributed by atoms with van der Waals surface area (Å²) in [6.07, 6.45) is 1.72. The molecule has 0 saturated carbocycles. The Morgan fingerprint density at radius 2 is 2.26 bits per heavy atom. The molecule has 0 fully saturated rings. The van der Waals surface area contributed by atoms with Crippen molar-refractivity contribution in [2.75, 3.05) is 0 Å². The van der Waals surface area contributed by atoms with Crippen molar-refractivity contribution in [3.8, 4) is 6.07 Å². The molecule has 0 spiro atoms. The van der Waals surface area contributed by atoms with Gasteiger partial charge in [0, 0.05) is 26.9 Å². The average molecular weight is 335 g/mol. The summed E-state index contributed by atoms with van der Waals surface area (Å²) in [6, 6.07) is 10.0. The van der Waals surface area contributed by atoms with E-state index in [-0.39, 0.29) is 5.69 Å². The lowest BCUT2D eigenvalue weighted by molar-refractivity contribution is -0.384. The van der Waals surface area contributed by atoms with E-state index in [1.54, 1.807) is 18.2 Å². The van der Waals surface area contributed by atoms with Crippen LogP contribution in [0.2, 0.25) is 0 Å². The molecular formula is C13H7BrN2O2S. The summed E-state index contributed by atoms with van der Waals surface area (Å²) in [7, 11) is 0. The van der Waals surface area contributed by atoms with Gasteiger partial charge in [-0.1, -0.05) is 12.1 Å². The van der Waals surface area contributed by atoms with Crippen molar-refractivity contribution < 1.29 is 4.92 Å². The molecule has 0 aliphatic rings. The number of thiophene rings is 1. The Morgan fingerprint density at radius 1 is 1.47 bits per heavy atom. The van der Waals surface area contributed by atoms with Crippen molar-refractivity contribution >= 4 is 44.6 Å². The quantitative estimate of drug-likeness (QED) is 0.472. The highest BCUT2D eigenvalue weighted by molar-refractivity contribution is 9.10.